The maximum absolute atomic E-state index is 12.5. The Labute approximate surface area is 132 Å². The van der Waals surface area contributed by atoms with Crippen LogP contribution in [0, 0.1) is 5.92 Å². The van der Waals surface area contributed by atoms with Gasteiger partial charge >= 0.3 is 6.18 Å². The van der Waals surface area contributed by atoms with E-state index in [1.807, 2.05) is 13.8 Å². The van der Waals surface area contributed by atoms with Crippen molar-refractivity contribution in [3.63, 3.8) is 0 Å². The molecule has 0 saturated heterocycles. The van der Waals surface area contributed by atoms with Crippen LogP contribution in [0.1, 0.15) is 44.4 Å². The third kappa shape index (κ3) is 4.48. The number of hydrogen-bond donors (Lipinski definition) is 0. The van der Waals surface area contributed by atoms with Crippen molar-refractivity contribution in [2.75, 3.05) is 5.75 Å². The Kier molecular flexibility index (Phi) is 5.20. The number of carbonyl (C=O) groups is 1. The second-order valence-corrected chi connectivity index (χ2v) is 7.90. The molecule has 0 unspecified atom stereocenters. The summed E-state index contributed by atoms with van der Waals surface area (Å²) in [4.78, 5) is 16.1. The van der Waals surface area contributed by atoms with E-state index in [4.69, 9.17) is 0 Å². The Hall–Kier alpha value is -1.04. The van der Waals surface area contributed by atoms with Crippen LogP contribution < -0.4 is 0 Å². The van der Waals surface area contributed by atoms with Gasteiger partial charge in [0.2, 0.25) is 0 Å². The standard InChI is InChI=1S/C16H20F3NOS/c1-15(2,22-10-11-4-3-5-11)14(21)8-13-7-6-12(9-20-13)16(17,18)19/h6-7,9,11H,3-5,8,10H2,1-2H3. The van der Waals surface area contributed by atoms with E-state index in [0.29, 0.717) is 11.6 Å². The highest BCUT2D eigenvalue weighted by atomic mass is 32.2. The van der Waals surface area contributed by atoms with E-state index < -0.39 is 16.5 Å². The van der Waals surface area contributed by atoms with Gasteiger partial charge in [-0.2, -0.15) is 13.2 Å². The predicted molar refractivity (Wildman–Crippen MR) is 81.8 cm³/mol. The molecule has 1 aromatic heterocycles. The highest BCUT2D eigenvalue weighted by molar-refractivity contribution is 8.01. The molecule has 1 aromatic rings. The number of hydrogen-bond acceptors (Lipinski definition) is 3. The first-order valence-corrected chi connectivity index (χ1v) is 8.36. The molecule has 0 spiro atoms. The molecule has 0 aliphatic heterocycles. The van der Waals surface area contributed by atoms with Gasteiger partial charge in [0.05, 0.1) is 16.7 Å². The maximum atomic E-state index is 12.5. The van der Waals surface area contributed by atoms with Gasteiger partial charge in [-0.1, -0.05) is 6.42 Å². The lowest BCUT2D eigenvalue weighted by Gasteiger charge is -2.29. The molecule has 0 N–H and O–H groups in total. The molecule has 0 radical (unpaired) electrons. The van der Waals surface area contributed by atoms with Gasteiger partial charge in [-0.15, -0.1) is 11.8 Å². The summed E-state index contributed by atoms with van der Waals surface area (Å²) in [5, 5.41) is 0. The minimum atomic E-state index is -4.40. The number of rotatable bonds is 6. The lowest BCUT2D eigenvalue weighted by atomic mass is 9.87. The fraction of sp³-hybridized carbons (Fsp3) is 0.625. The van der Waals surface area contributed by atoms with Gasteiger partial charge in [0.15, 0.2) is 5.78 Å². The van der Waals surface area contributed by atoms with Gasteiger partial charge in [-0.05, 0) is 50.5 Å². The summed E-state index contributed by atoms with van der Waals surface area (Å²) in [5.74, 6) is 1.68. The van der Waals surface area contributed by atoms with Crippen molar-refractivity contribution in [1.29, 1.82) is 0 Å². The molecule has 0 atom stereocenters. The van der Waals surface area contributed by atoms with Gasteiger partial charge in [0.1, 0.15) is 0 Å². The Bertz CT molecular complexity index is 521. The minimum Gasteiger partial charge on any atom is -0.298 e. The zero-order valence-corrected chi connectivity index (χ0v) is 13.6. The van der Waals surface area contributed by atoms with Crippen molar-refractivity contribution in [2.24, 2.45) is 5.92 Å². The van der Waals surface area contributed by atoms with Crippen LogP contribution in [0.25, 0.3) is 0 Å². The van der Waals surface area contributed by atoms with Crippen LogP contribution in [0.3, 0.4) is 0 Å². The van der Waals surface area contributed by atoms with E-state index in [9.17, 15) is 18.0 Å². The molecule has 1 heterocycles. The molecular formula is C16H20F3NOS. The molecule has 0 aromatic carbocycles. The molecule has 0 bridgehead atoms. The second kappa shape index (κ2) is 6.60. The normalized spacial score (nSPS) is 16.4. The highest BCUT2D eigenvalue weighted by Crippen LogP contribution is 2.35. The van der Waals surface area contributed by atoms with Crippen LogP contribution >= 0.6 is 11.8 Å². The van der Waals surface area contributed by atoms with E-state index in [1.165, 1.54) is 25.3 Å². The minimum absolute atomic E-state index is 0.00378. The lowest BCUT2D eigenvalue weighted by molar-refractivity contribution is -0.137. The quantitative estimate of drug-likeness (QED) is 0.767. The van der Waals surface area contributed by atoms with Crippen molar-refractivity contribution in [1.82, 2.24) is 4.98 Å². The van der Waals surface area contributed by atoms with Crippen molar-refractivity contribution >= 4 is 17.5 Å². The molecule has 1 aliphatic rings. The first-order valence-electron chi connectivity index (χ1n) is 7.38. The topological polar surface area (TPSA) is 30.0 Å². The molecule has 0 amide bonds. The van der Waals surface area contributed by atoms with Gasteiger partial charge in [0, 0.05) is 11.9 Å². The number of thioether (sulfide) groups is 1. The Balaban J connectivity index is 1.92. The van der Waals surface area contributed by atoms with Crippen LogP contribution in [0.5, 0.6) is 0 Å². The smallest absolute Gasteiger partial charge is 0.298 e. The third-order valence-electron chi connectivity index (χ3n) is 4.07. The molecule has 1 fully saturated rings. The Morgan fingerprint density at radius 1 is 1.32 bits per heavy atom. The van der Waals surface area contributed by atoms with Gasteiger partial charge < -0.3 is 0 Å². The van der Waals surface area contributed by atoms with Crippen LogP contribution in [0.2, 0.25) is 0 Å². The van der Waals surface area contributed by atoms with Crippen molar-refractivity contribution in [2.45, 2.75) is 50.5 Å². The van der Waals surface area contributed by atoms with E-state index >= 15 is 0 Å². The summed E-state index contributed by atoms with van der Waals surface area (Å²) >= 11 is 1.64. The summed E-state index contributed by atoms with van der Waals surface area (Å²) in [6.07, 6.45) is 0.206. The average molecular weight is 331 g/mol. The zero-order chi connectivity index (χ0) is 16.4. The fourth-order valence-electron chi connectivity index (χ4n) is 2.14. The highest BCUT2D eigenvalue weighted by Gasteiger charge is 2.32. The lowest BCUT2D eigenvalue weighted by Crippen LogP contribution is -2.31. The molecule has 1 aliphatic carbocycles. The average Bonchev–Trinajstić information content (AvgIpc) is 2.36. The van der Waals surface area contributed by atoms with Crippen molar-refractivity contribution < 1.29 is 18.0 Å². The largest absolute Gasteiger partial charge is 0.417 e. The number of pyridine rings is 1. The van der Waals surface area contributed by atoms with Gasteiger partial charge in [-0.3, -0.25) is 9.78 Å². The van der Waals surface area contributed by atoms with E-state index in [2.05, 4.69) is 4.98 Å². The van der Waals surface area contributed by atoms with Crippen molar-refractivity contribution in [3.8, 4) is 0 Å². The molecule has 1 saturated carbocycles. The summed E-state index contributed by atoms with van der Waals surface area (Å²) < 4.78 is 36.9. The number of ketones is 1. The first kappa shape index (κ1) is 17.3. The summed E-state index contributed by atoms with van der Waals surface area (Å²) in [7, 11) is 0. The number of halogens is 3. The second-order valence-electron chi connectivity index (χ2n) is 6.25. The van der Waals surface area contributed by atoms with E-state index in [1.54, 1.807) is 11.8 Å². The molecular weight excluding hydrogens is 311 g/mol. The number of nitrogens with zero attached hydrogens (tertiary/aromatic N) is 1. The first-order chi connectivity index (χ1) is 10.2. The zero-order valence-electron chi connectivity index (χ0n) is 12.7. The Morgan fingerprint density at radius 3 is 2.45 bits per heavy atom. The third-order valence-corrected chi connectivity index (χ3v) is 5.66. The molecule has 6 heteroatoms. The fourth-order valence-corrected chi connectivity index (χ4v) is 3.36. The van der Waals surface area contributed by atoms with E-state index in [0.717, 1.165) is 18.0 Å². The SMILES string of the molecule is CC(C)(SCC1CCC1)C(=O)Cc1ccc(C(F)(F)F)cn1. The number of Topliss-reactive ketones (excluding diaryl/α,β-unsaturated/α-hetero) is 1. The number of carbonyl (C=O) groups excluding carboxylic acids is 1. The number of aromatic nitrogens is 1. The Morgan fingerprint density at radius 2 is 2.00 bits per heavy atom. The summed E-state index contributed by atoms with van der Waals surface area (Å²) in [6, 6.07) is 2.26. The maximum Gasteiger partial charge on any atom is 0.417 e. The van der Waals surface area contributed by atoms with Crippen LogP contribution in [0.4, 0.5) is 13.2 Å². The molecule has 22 heavy (non-hydrogen) atoms. The number of alkyl halides is 3. The van der Waals surface area contributed by atoms with Crippen LogP contribution in [0.15, 0.2) is 18.3 Å². The van der Waals surface area contributed by atoms with Crippen LogP contribution in [-0.4, -0.2) is 21.3 Å². The molecule has 2 rings (SSSR count). The van der Waals surface area contributed by atoms with Crippen molar-refractivity contribution in [3.05, 3.63) is 29.6 Å². The molecule has 2 nitrogen and oxygen atoms in total. The molecule has 122 valence electrons. The van der Waals surface area contributed by atoms with Crippen LogP contribution in [-0.2, 0) is 17.4 Å². The van der Waals surface area contributed by atoms with E-state index in [-0.39, 0.29) is 12.2 Å². The van der Waals surface area contributed by atoms with Gasteiger partial charge in [-0.25, -0.2) is 0 Å². The summed E-state index contributed by atoms with van der Waals surface area (Å²) in [5.41, 5.74) is -0.405. The predicted octanol–water partition coefficient (Wildman–Crippen LogP) is 4.52. The summed E-state index contributed by atoms with van der Waals surface area (Å²) in [6.45, 7) is 3.76. The van der Waals surface area contributed by atoms with Gasteiger partial charge in [0.25, 0.3) is 0 Å². The monoisotopic (exact) mass is 331 g/mol.